The van der Waals surface area contributed by atoms with Gasteiger partial charge in [-0.2, -0.15) is 0 Å². The molecule has 1 atom stereocenters. The third kappa shape index (κ3) is 5.92. The molecule has 0 aliphatic carbocycles. The molecule has 0 aromatic heterocycles. The van der Waals surface area contributed by atoms with Crippen molar-refractivity contribution in [2.24, 2.45) is 0 Å². The fourth-order valence-electron chi connectivity index (χ4n) is 3.78. The van der Waals surface area contributed by atoms with Gasteiger partial charge < -0.3 is 28.6 Å². The van der Waals surface area contributed by atoms with Crippen LogP contribution in [0.25, 0.3) is 0 Å². The number of ether oxygens (including phenoxy) is 5. The van der Waals surface area contributed by atoms with Gasteiger partial charge in [0.2, 0.25) is 0 Å². The molecule has 11 nitrogen and oxygen atoms in total. The number of piperidine rings is 1. The molecular weight excluding hydrogens is 504 g/mol. The van der Waals surface area contributed by atoms with E-state index in [1.54, 1.807) is 25.7 Å². The molecule has 33 heavy (non-hydrogen) atoms. The Kier molecular flexibility index (Phi) is 7.49. The minimum atomic E-state index is -0.862. The summed E-state index contributed by atoms with van der Waals surface area (Å²) in [4.78, 5) is 37.1. The molecule has 1 aromatic carbocycles. The van der Waals surface area contributed by atoms with E-state index < -0.39 is 40.1 Å². The van der Waals surface area contributed by atoms with Gasteiger partial charge in [0, 0.05) is 31.5 Å². The molecule has 1 spiro atoms. The maximum Gasteiger partial charge on any atom is 0.410 e. The van der Waals surface area contributed by atoms with Crippen LogP contribution in [0, 0.1) is 10.1 Å². The number of benzene rings is 1. The zero-order chi connectivity index (χ0) is 24.4. The van der Waals surface area contributed by atoms with Crippen molar-refractivity contribution in [2.45, 2.75) is 51.0 Å². The van der Waals surface area contributed by atoms with Crippen molar-refractivity contribution >= 4 is 33.7 Å². The van der Waals surface area contributed by atoms with Crippen LogP contribution >= 0.6 is 15.9 Å². The summed E-state index contributed by atoms with van der Waals surface area (Å²) in [6.45, 7) is 6.66. The van der Waals surface area contributed by atoms with Crippen molar-refractivity contribution in [2.75, 3.05) is 33.5 Å². The van der Waals surface area contributed by atoms with E-state index in [0.717, 1.165) is 7.11 Å². The van der Waals surface area contributed by atoms with Crippen LogP contribution < -0.4 is 4.74 Å². The van der Waals surface area contributed by atoms with E-state index in [-0.39, 0.29) is 22.4 Å². The van der Waals surface area contributed by atoms with Gasteiger partial charge in [0.05, 0.1) is 35.8 Å². The van der Waals surface area contributed by atoms with Gasteiger partial charge in [-0.15, -0.1) is 0 Å². The summed E-state index contributed by atoms with van der Waals surface area (Å²) in [7, 11) is 1.14. The third-order valence-electron chi connectivity index (χ3n) is 5.25. The van der Waals surface area contributed by atoms with Crippen LogP contribution in [0.5, 0.6) is 5.75 Å². The van der Waals surface area contributed by atoms with E-state index in [1.807, 2.05) is 0 Å². The largest absolute Gasteiger partial charge is 0.490 e. The molecule has 182 valence electrons. The Bertz CT molecular complexity index is 925. The van der Waals surface area contributed by atoms with Gasteiger partial charge in [0.15, 0.2) is 5.79 Å². The zero-order valence-electron chi connectivity index (χ0n) is 18.9. The minimum absolute atomic E-state index is 0.0186. The zero-order valence-corrected chi connectivity index (χ0v) is 20.5. The van der Waals surface area contributed by atoms with Crippen molar-refractivity contribution in [1.29, 1.82) is 0 Å². The molecule has 3 rings (SSSR count). The van der Waals surface area contributed by atoms with Crippen LogP contribution in [0.1, 0.15) is 44.0 Å². The first kappa shape index (κ1) is 25.2. The van der Waals surface area contributed by atoms with Gasteiger partial charge in [-0.25, -0.2) is 9.59 Å². The Balaban J connectivity index is 1.84. The molecule has 0 bridgehead atoms. The molecule has 1 amide bonds. The van der Waals surface area contributed by atoms with Crippen molar-refractivity contribution in [1.82, 2.24) is 4.90 Å². The molecule has 0 N–H and O–H groups in total. The van der Waals surface area contributed by atoms with Crippen molar-refractivity contribution < 1.29 is 38.2 Å². The van der Waals surface area contributed by atoms with Crippen LogP contribution in [0.3, 0.4) is 0 Å². The fourth-order valence-corrected chi connectivity index (χ4v) is 4.22. The van der Waals surface area contributed by atoms with Crippen molar-refractivity contribution in [3.05, 3.63) is 32.3 Å². The first-order valence-electron chi connectivity index (χ1n) is 10.4. The average Bonchev–Trinajstić information content (AvgIpc) is 3.18. The molecular formula is C21H27BrN2O9. The molecule has 1 aromatic rings. The summed E-state index contributed by atoms with van der Waals surface area (Å²) in [5, 5.41) is 11.3. The van der Waals surface area contributed by atoms with Crippen molar-refractivity contribution in [3.8, 4) is 5.75 Å². The summed E-state index contributed by atoms with van der Waals surface area (Å²) < 4.78 is 28.1. The van der Waals surface area contributed by atoms with E-state index in [0.29, 0.717) is 32.6 Å². The molecule has 2 fully saturated rings. The van der Waals surface area contributed by atoms with Gasteiger partial charge in [-0.3, -0.25) is 10.1 Å². The number of nitro groups is 1. The maximum absolute atomic E-state index is 12.8. The van der Waals surface area contributed by atoms with Gasteiger partial charge in [-0.1, -0.05) is 0 Å². The normalized spacial score (nSPS) is 19.9. The second-order valence-electron chi connectivity index (χ2n) is 8.75. The highest BCUT2D eigenvalue weighted by molar-refractivity contribution is 9.10. The van der Waals surface area contributed by atoms with Gasteiger partial charge in [-0.05, 0) is 36.7 Å². The Hall–Kier alpha value is -2.44. The lowest BCUT2D eigenvalue weighted by Gasteiger charge is -2.43. The Morgan fingerprint density at radius 3 is 2.55 bits per heavy atom. The second-order valence-corrected chi connectivity index (χ2v) is 9.60. The molecule has 12 heteroatoms. The predicted octanol–water partition coefficient (Wildman–Crippen LogP) is 3.67. The standard InChI is InChI=1S/C21H27BrN2O9/c1-20(2,3)33-19(26)23-6-5-21(31-7-8-32-21)11-13(23)12-30-17-9-14(18(25)29-4)16(24(27)28)10-15(17)22/h9-10,13H,5-8,11-12H2,1-4H3/t13-/m0/s1. The highest BCUT2D eigenvalue weighted by Crippen LogP contribution is 2.37. The number of likely N-dealkylation sites (tertiary alicyclic amines) is 1. The lowest BCUT2D eigenvalue weighted by Crippen LogP contribution is -2.56. The van der Waals surface area contributed by atoms with Gasteiger partial charge >= 0.3 is 12.1 Å². The number of carbonyl (C=O) groups excluding carboxylic acids is 2. The van der Waals surface area contributed by atoms with Crippen LogP contribution in [0.4, 0.5) is 10.5 Å². The monoisotopic (exact) mass is 530 g/mol. The number of halogens is 1. The Labute approximate surface area is 199 Å². The number of hydrogen-bond donors (Lipinski definition) is 0. The molecule has 0 saturated carbocycles. The summed E-state index contributed by atoms with van der Waals surface area (Å²) >= 11 is 3.25. The van der Waals surface area contributed by atoms with Gasteiger partial charge in [0.25, 0.3) is 5.69 Å². The summed E-state index contributed by atoms with van der Waals surface area (Å²) in [5.41, 5.74) is -1.33. The lowest BCUT2D eigenvalue weighted by atomic mass is 9.96. The van der Waals surface area contributed by atoms with Crippen molar-refractivity contribution in [3.63, 3.8) is 0 Å². The van der Waals surface area contributed by atoms with E-state index >= 15 is 0 Å². The molecule has 0 radical (unpaired) electrons. The van der Waals surface area contributed by atoms with E-state index in [9.17, 15) is 19.7 Å². The van der Waals surface area contributed by atoms with E-state index in [4.69, 9.17) is 18.9 Å². The fraction of sp³-hybridized carbons (Fsp3) is 0.619. The van der Waals surface area contributed by atoms with Crippen LogP contribution in [0.15, 0.2) is 16.6 Å². The molecule has 2 saturated heterocycles. The number of nitrogens with zero attached hydrogens (tertiary/aromatic N) is 2. The number of nitro benzene ring substituents is 1. The highest BCUT2D eigenvalue weighted by atomic mass is 79.9. The highest BCUT2D eigenvalue weighted by Gasteiger charge is 2.46. The number of carbonyl (C=O) groups is 2. The maximum atomic E-state index is 12.8. The second kappa shape index (κ2) is 9.82. The van der Waals surface area contributed by atoms with Crippen LogP contribution in [-0.4, -0.2) is 72.8 Å². The molecule has 0 unspecified atom stereocenters. The smallest absolute Gasteiger partial charge is 0.410 e. The first-order valence-corrected chi connectivity index (χ1v) is 11.2. The topological polar surface area (TPSA) is 127 Å². The molecule has 2 heterocycles. The quantitative estimate of drug-likeness (QED) is 0.318. The summed E-state index contributed by atoms with van der Waals surface area (Å²) in [6.07, 6.45) is 0.374. The SMILES string of the molecule is COC(=O)c1cc(OC[C@@H]2CC3(CCN2C(=O)OC(C)(C)C)OCCO3)c(Br)cc1[N+](=O)[O-]. The number of methoxy groups -OCH3 is 1. The van der Waals surface area contributed by atoms with Crippen LogP contribution in [0.2, 0.25) is 0 Å². The first-order chi connectivity index (χ1) is 15.4. The predicted molar refractivity (Wildman–Crippen MR) is 118 cm³/mol. The third-order valence-corrected chi connectivity index (χ3v) is 5.87. The molecule has 2 aliphatic rings. The number of hydrogen-bond acceptors (Lipinski definition) is 9. The molecule has 2 aliphatic heterocycles. The van der Waals surface area contributed by atoms with Crippen LogP contribution in [-0.2, 0) is 18.9 Å². The number of rotatable bonds is 5. The summed E-state index contributed by atoms with van der Waals surface area (Å²) in [5.74, 6) is -1.46. The Morgan fingerprint density at radius 2 is 1.97 bits per heavy atom. The van der Waals surface area contributed by atoms with E-state index in [2.05, 4.69) is 20.7 Å². The van der Waals surface area contributed by atoms with Gasteiger partial charge in [0.1, 0.15) is 23.5 Å². The van der Waals surface area contributed by atoms with E-state index in [1.165, 1.54) is 12.1 Å². The lowest BCUT2D eigenvalue weighted by molar-refractivity contribution is -0.385. The summed E-state index contributed by atoms with van der Waals surface area (Å²) in [6, 6.07) is 1.96. The number of amides is 1. The average molecular weight is 531 g/mol. The Morgan fingerprint density at radius 1 is 1.30 bits per heavy atom. The number of esters is 1. The minimum Gasteiger partial charge on any atom is -0.490 e.